The van der Waals surface area contributed by atoms with Crippen molar-refractivity contribution in [2.75, 3.05) is 5.01 Å². The molecule has 0 spiro atoms. The predicted molar refractivity (Wildman–Crippen MR) is 65.8 cm³/mol. The molecule has 0 saturated carbocycles. The second kappa shape index (κ2) is 5.09. The maximum atomic E-state index is 12.9. The Bertz CT molecular complexity index is 570. The van der Waals surface area contributed by atoms with E-state index >= 15 is 0 Å². The van der Waals surface area contributed by atoms with E-state index < -0.39 is 11.7 Å². The molecule has 2 aromatic rings. The van der Waals surface area contributed by atoms with Crippen molar-refractivity contribution in [2.24, 2.45) is 5.29 Å². The quantitative estimate of drug-likeness (QED) is 0.604. The third kappa shape index (κ3) is 2.73. The maximum Gasteiger partial charge on any atom is 0.418 e. The van der Waals surface area contributed by atoms with Gasteiger partial charge < -0.3 is 0 Å². The zero-order valence-electron chi connectivity index (χ0n) is 9.63. The van der Waals surface area contributed by atoms with Gasteiger partial charge in [0.2, 0.25) is 0 Å². The van der Waals surface area contributed by atoms with E-state index in [9.17, 15) is 18.1 Å². The van der Waals surface area contributed by atoms with Crippen molar-refractivity contribution in [2.45, 2.75) is 6.18 Å². The average molecular weight is 266 g/mol. The zero-order valence-corrected chi connectivity index (χ0v) is 9.63. The van der Waals surface area contributed by atoms with Gasteiger partial charge in [-0.15, -0.1) is 4.91 Å². The van der Waals surface area contributed by atoms with E-state index in [2.05, 4.69) is 5.29 Å². The highest BCUT2D eigenvalue weighted by Crippen LogP contribution is 2.38. The Morgan fingerprint density at radius 1 is 0.895 bits per heavy atom. The Morgan fingerprint density at radius 2 is 1.47 bits per heavy atom. The Balaban J connectivity index is 2.54. The Labute approximate surface area is 107 Å². The van der Waals surface area contributed by atoms with Crippen LogP contribution >= 0.6 is 0 Å². The molecule has 0 aliphatic carbocycles. The van der Waals surface area contributed by atoms with Crippen LogP contribution in [0.25, 0.3) is 0 Å². The topological polar surface area (TPSA) is 32.7 Å². The summed E-state index contributed by atoms with van der Waals surface area (Å²) in [5.41, 5.74) is -0.927. The van der Waals surface area contributed by atoms with Gasteiger partial charge >= 0.3 is 6.18 Å². The fourth-order valence-corrected chi connectivity index (χ4v) is 1.70. The summed E-state index contributed by atoms with van der Waals surface area (Å²) in [6, 6.07) is 12.7. The summed E-state index contributed by atoms with van der Waals surface area (Å²) < 4.78 is 38.7. The van der Waals surface area contributed by atoms with Crippen molar-refractivity contribution >= 4 is 11.4 Å². The summed E-state index contributed by atoms with van der Waals surface area (Å²) in [5.74, 6) is 0. The van der Waals surface area contributed by atoms with Gasteiger partial charge in [0.1, 0.15) is 0 Å². The van der Waals surface area contributed by atoms with E-state index in [1.54, 1.807) is 18.2 Å². The zero-order chi connectivity index (χ0) is 13.9. The number of halogens is 3. The molecule has 0 atom stereocenters. The SMILES string of the molecule is O=NN(c1ccccc1)c1ccccc1C(F)(F)F. The van der Waals surface area contributed by atoms with E-state index in [4.69, 9.17) is 0 Å². The molecule has 0 unspecified atom stereocenters. The summed E-state index contributed by atoms with van der Waals surface area (Å²) in [4.78, 5) is 10.9. The number of rotatable bonds is 3. The number of hydrogen-bond donors (Lipinski definition) is 0. The van der Waals surface area contributed by atoms with Crippen LogP contribution in [0.2, 0.25) is 0 Å². The van der Waals surface area contributed by atoms with Gasteiger partial charge in [-0.2, -0.15) is 18.2 Å². The van der Waals surface area contributed by atoms with Crippen LogP contribution < -0.4 is 5.01 Å². The smallest absolute Gasteiger partial charge is 0.197 e. The molecule has 0 aliphatic rings. The second-order valence-corrected chi connectivity index (χ2v) is 3.74. The number of anilines is 2. The molecule has 0 saturated heterocycles. The molecule has 6 heteroatoms. The molecule has 0 radical (unpaired) electrons. The summed E-state index contributed by atoms with van der Waals surface area (Å²) in [6.45, 7) is 0. The predicted octanol–water partition coefficient (Wildman–Crippen LogP) is 4.52. The minimum absolute atomic E-state index is 0.272. The Hall–Kier alpha value is -2.37. The van der Waals surface area contributed by atoms with Crippen molar-refractivity contribution in [1.29, 1.82) is 0 Å². The van der Waals surface area contributed by atoms with E-state index in [-0.39, 0.29) is 11.4 Å². The van der Waals surface area contributed by atoms with Crippen LogP contribution in [0.1, 0.15) is 5.56 Å². The van der Waals surface area contributed by atoms with E-state index in [1.807, 2.05) is 0 Å². The molecule has 98 valence electrons. The average Bonchev–Trinajstić information content (AvgIpc) is 2.40. The van der Waals surface area contributed by atoms with Gasteiger partial charge in [0, 0.05) is 0 Å². The van der Waals surface area contributed by atoms with E-state index in [0.717, 1.165) is 11.1 Å². The summed E-state index contributed by atoms with van der Waals surface area (Å²) >= 11 is 0. The minimum Gasteiger partial charge on any atom is -0.197 e. The lowest BCUT2D eigenvalue weighted by molar-refractivity contribution is -0.137. The van der Waals surface area contributed by atoms with Crippen LogP contribution in [0, 0.1) is 4.91 Å². The van der Waals surface area contributed by atoms with Gasteiger partial charge in [-0.05, 0) is 24.3 Å². The summed E-state index contributed by atoms with van der Waals surface area (Å²) in [5, 5.41) is 3.41. The molecule has 2 aromatic carbocycles. The van der Waals surface area contributed by atoms with Gasteiger partial charge in [0.05, 0.1) is 22.2 Å². The third-order valence-electron chi connectivity index (χ3n) is 2.52. The number of nitroso groups, excluding NO2 is 1. The van der Waals surface area contributed by atoms with Gasteiger partial charge in [-0.3, -0.25) is 0 Å². The van der Waals surface area contributed by atoms with Crippen molar-refractivity contribution in [3.8, 4) is 0 Å². The lowest BCUT2D eigenvalue weighted by Crippen LogP contribution is -2.15. The first-order valence-corrected chi connectivity index (χ1v) is 5.38. The van der Waals surface area contributed by atoms with Gasteiger partial charge in [-0.1, -0.05) is 30.3 Å². The first-order valence-electron chi connectivity index (χ1n) is 5.38. The van der Waals surface area contributed by atoms with Gasteiger partial charge in [0.25, 0.3) is 0 Å². The van der Waals surface area contributed by atoms with E-state index in [1.165, 1.54) is 30.3 Å². The largest absolute Gasteiger partial charge is 0.418 e. The fourth-order valence-electron chi connectivity index (χ4n) is 1.70. The van der Waals surface area contributed by atoms with Gasteiger partial charge in [-0.25, -0.2) is 0 Å². The Morgan fingerprint density at radius 3 is 2.05 bits per heavy atom. The van der Waals surface area contributed by atoms with Crippen LogP contribution in [0.4, 0.5) is 24.5 Å². The van der Waals surface area contributed by atoms with Crippen LogP contribution in [0.3, 0.4) is 0 Å². The van der Waals surface area contributed by atoms with E-state index in [0.29, 0.717) is 0 Å². The van der Waals surface area contributed by atoms with Crippen molar-refractivity contribution in [3.63, 3.8) is 0 Å². The summed E-state index contributed by atoms with van der Waals surface area (Å²) in [7, 11) is 0. The molecular formula is C13H9F3N2O. The molecule has 0 aliphatic heterocycles. The third-order valence-corrected chi connectivity index (χ3v) is 2.52. The number of para-hydroxylation sites is 2. The maximum absolute atomic E-state index is 12.9. The first-order chi connectivity index (χ1) is 9.04. The normalized spacial score (nSPS) is 11.1. The second-order valence-electron chi connectivity index (χ2n) is 3.74. The minimum atomic E-state index is -4.55. The standard InChI is InChI=1S/C13H9F3N2O/c14-13(15,16)11-8-4-5-9-12(11)18(17-19)10-6-2-1-3-7-10/h1-9H. The number of benzene rings is 2. The molecule has 19 heavy (non-hydrogen) atoms. The van der Waals surface area contributed by atoms with Crippen LogP contribution in [-0.4, -0.2) is 0 Å². The summed E-state index contributed by atoms with van der Waals surface area (Å²) in [6.07, 6.45) is -4.55. The number of alkyl halides is 3. The number of hydrogen-bond acceptors (Lipinski definition) is 2. The molecule has 0 amide bonds. The molecule has 0 N–H and O–H groups in total. The molecule has 0 fully saturated rings. The lowest BCUT2D eigenvalue weighted by Gasteiger charge is -2.19. The first kappa shape index (κ1) is 13.1. The number of nitrogens with zero attached hydrogens (tertiary/aromatic N) is 2. The highest BCUT2D eigenvalue weighted by atomic mass is 19.4. The molecule has 0 bridgehead atoms. The van der Waals surface area contributed by atoms with Crippen molar-refractivity contribution in [3.05, 3.63) is 65.1 Å². The monoisotopic (exact) mass is 266 g/mol. The molecule has 0 heterocycles. The molecule has 2 rings (SSSR count). The van der Waals surface area contributed by atoms with Crippen LogP contribution in [-0.2, 0) is 6.18 Å². The molecule has 3 nitrogen and oxygen atoms in total. The highest BCUT2D eigenvalue weighted by molar-refractivity contribution is 5.66. The fraction of sp³-hybridized carbons (Fsp3) is 0.0769. The van der Waals surface area contributed by atoms with Crippen molar-refractivity contribution in [1.82, 2.24) is 0 Å². The Kier molecular flexibility index (Phi) is 3.50. The highest BCUT2D eigenvalue weighted by Gasteiger charge is 2.35. The molecule has 0 aromatic heterocycles. The molecular weight excluding hydrogens is 257 g/mol. The van der Waals surface area contributed by atoms with Gasteiger partial charge in [0.15, 0.2) is 0 Å². The lowest BCUT2D eigenvalue weighted by atomic mass is 10.1. The van der Waals surface area contributed by atoms with Crippen molar-refractivity contribution < 1.29 is 13.2 Å². The van der Waals surface area contributed by atoms with Crippen LogP contribution in [0.15, 0.2) is 59.9 Å². The van der Waals surface area contributed by atoms with Crippen LogP contribution in [0.5, 0.6) is 0 Å².